The molecule has 0 aromatic heterocycles. The highest BCUT2D eigenvalue weighted by Crippen LogP contribution is 2.17. The number of aliphatic carboxylic acids is 1. The van der Waals surface area contributed by atoms with Crippen molar-refractivity contribution in [3.8, 4) is 0 Å². The van der Waals surface area contributed by atoms with Crippen molar-refractivity contribution in [2.45, 2.75) is 45.6 Å². The van der Waals surface area contributed by atoms with Gasteiger partial charge in [-0.1, -0.05) is 30.3 Å². The average Bonchev–Trinajstić information content (AvgIpc) is 2.33. The van der Waals surface area contributed by atoms with E-state index in [9.17, 15) is 14.7 Å². The smallest absolute Gasteiger partial charge is 0.307 e. The number of benzene rings is 1. The predicted molar refractivity (Wildman–Crippen MR) is 76.4 cm³/mol. The SMILES string of the molecule is CC(C)(C)OC(=O)CC(CCc1ccccc1)C(=O)O. The van der Waals surface area contributed by atoms with E-state index in [2.05, 4.69) is 0 Å². The van der Waals surface area contributed by atoms with Crippen LogP contribution >= 0.6 is 0 Å². The largest absolute Gasteiger partial charge is 0.481 e. The summed E-state index contributed by atoms with van der Waals surface area (Å²) >= 11 is 0. The topological polar surface area (TPSA) is 63.6 Å². The number of ether oxygens (including phenoxy) is 1. The van der Waals surface area contributed by atoms with Crippen LogP contribution in [0.5, 0.6) is 0 Å². The van der Waals surface area contributed by atoms with Gasteiger partial charge in [-0.05, 0) is 39.2 Å². The van der Waals surface area contributed by atoms with E-state index in [0.29, 0.717) is 12.8 Å². The van der Waals surface area contributed by atoms with Gasteiger partial charge in [0.05, 0.1) is 12.3 Å². The molecule has 0 bridgehead atoms. The summed E-state index contributed by atoms with van der Waals surface area (Å²) in [6.45, 7) is 5.31. The molecule has 1 aromatic rings. The summed E-state index contributed by atoms with van der Waals surface area (Å²) in [6, 6.07) is 9.65. The Morgan fingerprint density at radius 1 is 1.20 bits per heavy atom. The number of hydrogen-bond acceptors (Lipinski definition) is 3. The first-order valence-corrected chi connectivity index (χ1v) is 6.76. The Morgan fingerprint density at radius 3 is 2.30 bits per heavy atom. The number of rotatable bonds is 6. The quantitative estimate of drug-likeness (QED) is 0.812. The van der Waals surface area contributed by atoms with Crippen molar-refractivity contribution in [3.63, 3.8) is 0 Å². The maximum atomic E-state index is 11.7. The van der Waals surface area contributed by atoms with Crippen molar-refractivity contribution in [1.82, 2.24) is 0 Å². The molecule has 0 saturated heterocycles. The molecule has 4 heteroatoms. The van der Waals surface area contributed by atoms with Crippen molar-refractivity contribution in [3.05, 3.63) is 35.9 Å². The zero-order valence-corrected chi connectivity index (χ0v) is 12.3. The first kappa shape index (κ1) is 16.2. The summed E-state index contributed by atoms with van der Waals surface area (Å²) in [5, 5.41) is 9.19. The third kappa shape index (κ3) is 6.36. The molecule has 20 heavy (non-hydrogen) atoms. The monoisotopic (exact) mass is 278 g/mol. The number of carbonyl (C=O) groups is 2. The highest BCUT2D eigenvalue weighted by molar-refractivity contribution is 5.78. The van der Waals surface area contributed by atoms with Crippen LogP contribution in [0, 0.1) is 5.92 Å². The lowest BCUT2D eigenvalue weighted by Crippen LogP contribution is -2.27. The Morgan fingerprint density at radius 2 is 1.80 bits per heavy atom. The van der Waals surface area contributed by atoms with Gasteiger partial charge in [-0.2, -0.15) is 0 Å². The Kier molecular flexibility index (Phi) is 5.74. The second-order valence-electron chi connectivity index (χ2n) is 5.85. The third-order valence-electron chi connectivity index (χ3n) is 2.81. The normalized spacial score (nSPS) is 12.8. The molecule has 0 saturated carbocycles. The van der Waals surface area contributed by atoms with Gasteiger partial charge in [0.2, 0.25) is 0 Å². The molecule has 0 aliphatic rings. The molecule has 0 amide bonds. The summed E-state index contributed by atoms with van der Waals surface area (Å²) in [5.74, 6) is -2.12. The van der Waals surface area contributed by atoms with Crippen molar-refractivity contribution in [2.24, 2.45) is 5.92 Å². The number of carboxylic acid groups (broad SMARTS) is 1. The van der Waals surface area contributed by atoms with Gasteiger partial charge < -0.3 is 9.84 Å². The maximum absolute atomic E-state index is 11.7. The minimum absolute atomic E-state index is 0.0839. The summed E-state index contributed by atoms with van der Waals surface area (Å²) in [7, 11) is 0. The van der Waals surface area contributed by atoms with Crippen LogP contribution < -0.4 is 0 Å². The molecule has 1 aromatic carbocycles. The van der Waals surface area contributed by atoms with Gasteiger partial charge in [0, 0.05) is 0 Å². The molecule has 0 aliphatic heterocycles. The first-order valence-electron chi connectivity index (χ1n) is 6.76. The maximum Gasteiger partial charge on any atom is 0.307 e. The Bertz CT molecular complexity index is 445. The van der Waals surface area contributed by atoms with Crippen LogP contribution in [-0.4, -0.2) is 22.6 Å². The molecule has 0 fully saturated rings. The average molecular weight is 278 g/mol. The van der Waals surface area contributed by atoms with Crippen LogP contribution in [0.1, 0.15) is 39.2 Å². The van der Waals surface area contributed by atoms with Gasteiger partial charge in [0.25, 0.3) is 0 Å². The van der Waals surface area contributed by atoms with Gasteiger partial charge in [-0.25, -0.2) is 0 Å². The fraction of sp³-hybridized carbons (Fsp3) is 0.500. The molecule has 110 valence electrons. The minimum atomic E-state index is -0.952. The van der Waals surface area contributed by atoms with Gasteiger partial charge >= 0.3 is 11.9 Å². The van der Waals surface area contributed by atoms with E-state index in [1.165, 1.54) is 0 Å². The molecule has 4 nitrogen and oxygen atoms in total. The van der Waals surface area contributed by atoms with Gasteiger partial charge in [0.1, 0.15) is 5.60 Å². The van der Waals surface area contributed by atoms with E-state index in [0.717, 1.165) is 5.56 Å². The second-order valence-corrected chi connectivity index (χ2v) is 5.85. The van der Waals surface area contributed by atoms with E-state index >= 15 is 0 Å². The molecule has 0 heterocycles. The summed E-state index contributed by atoms with van der Waals surface area (Å²) < 4.78 is 5.17. The zero-order chi connectivity index (χ0) is 15.2. The fourth-order valence-corrected chi connectivity index (χ4v) is 1.88. The van der Waals surface area contributed by atoms with Crippen molar-refractivity contribution in [2.75, 3.05) is 0 Å². The van der Waals surface area contributed by atoms with Gasteiger partial charge in [-0.3, -0.25) is 9.59 Å². The first-order chi connectivity index (χ1) is 9.28. The predicted octanol–water partition coefficient (Wildman–Crippen LogP) is 3.05. The van der Waals surface area contributed by atoms with Crippen LogP contribution in [0.4, 0.5) is 0 Å². The lowest BCUT2D eigenvalue weighted by atomic mass is 9.96. The number of carbonyl (C=O) groups excluding carboxylic acids is 1. The Hall–Kier alpha value is -1.84. The molecule has 0 radical (unpaired) electrons. The van der Waals surface area contributed by atoms with Crippen LogP contribution in [0.15, 0.2) is 30.3 Å². The van der Waals surface area contributed by atoms with Crippen LogP contribution in [0.2, 0.25) is 0 Å². The van der Waals surface area contributed by atoms with Gasteiger partial charge in [-0.15, -0.1) is 0 Å². The molecule has 0 spiro atoms. The molecular formula is C16H22O4. The summed E-state index contributed by atoms with van der Waals surface area (Å²) in [4.78, 5) is 22.9. The number of carboxylic acids is 1. The lowest BCUT2D eigenvalue weighted by molar-refractivity contribution is -0.159. The van der Waals surface area contributed by atoms with Gasteiger partial charge in [0.15, 0.2) is 0 Å². The van der Waals surface area contributed by atoms with E-state index in [1.54, 1.807) is 20.8 Å². The third-order valence-corrected chi connectivity index (χ3v) is 2.81. The Labute approximate surface area is 119 Å². The zero-order valence-electron chi connectivity index (χ0n) is 12.3. The van der Waals surface area contributed by atoms with Crippen LogP contribution in [0.3, 0.4) is 0 Å². The lowest BCUT2D eigenvalue weighted by Gasteiger charge is -2.21. The van der Waals surface area contributed by atoms with Crippen molar-refractivity contribution in [1.29, 1.82) is 0 Å². The highest BCUT2D eigenvalue weighted by Gasteiger charge is 2.24. The minimum Gasteiger partial charge on any atom is -0.481 e. The molecule has 1 rings (SSSR count). The number of aryl methyl sites for hydroxylation is 1. The standard InChI is InChI=1S/C16H22O4/c1-16(2,3)20-14(17)11-13(15(18)19)10-9-12-7-5-4-6-8-12/h4-8,13H,9-11H2,1-3H3,(H,18,19). The summed E-state index contributed by atoms with van der Waals surface area (Å²) in [6.07, 6.45) is 0.985. The summed E-state index contributed by atoms with van der Waals surface area (Å²) in [5.41, 5.74) is 0.488. The van der Waals surface area contributed by atoms with Crippen LogP contribution in [-0.2, 0) is 20.7 Å². The second kappa shape index (κ2) is 7.08. The molecular weight excluding hydrogens is 256 g/mol. The van der Waals surface area contributed by atoms with E-state index in [1.807, 2.05) is 30.3 Å². The van der Waals surface area contributed by atoms with E-state index < -0.39 is 23.5 Å². The van der Waals surface area contributed by atoms with Crippen molar-refractivity contribution < 1.29 is 19.4 Å². The van der Waals surface area contributed by atoms with E-state index in [4.69, 9.17) is 4.74 Å². The van der Waals surface area contributed by atoms with E-state index in [-0.39, 0.29) is 6.42 Å². The molecule has 1 N–H and O–H groups in total. The molecule has 1 atom stereocenters. The van der Waals surface area contributed by atoms with Crippen LogP contribution in [0.25, 0.3) is 0 Å². The molecule has 0 aliphatic carbocycles. The number of esters is 1. The van der Waals surface area contributed by atoms with Crippen molar-refractivity contribution >= 4 is 11.9 Å². The highest BCUT2D eigenvalue weighted by atomic mass is 16.6. The Balaban J connectivity index is 2.53. The number of hydrogen-bond donors (Lipinski definition) is 1. The fourth-order valence-electron chi connectivity index (χ4n) is 1.88. The molecule has 1 unspecified atom stereocenters.